The summed E-state index contributed by atoms with van der Waals surface area (Å²) in [6.07, 6.45) is -5.94. The quantitative estimate of drug-likeness (QED) is 0.568. The lowest BCUT2D eigenvalue weighted by atomic mass is 10.3. The highest BCUT2D eigenvalue weighted by atomic mass is 35.5. The monoisotopic (exact) mass is 198 g/mol. The first-order chi connectivity index (χ1) is 4.73. The van der Waals surface area contributed by atoms with Crippen LogP contribution >= 0.6 is 11.6 Å². The first-order valence-electron chi connectivity index (χ1n) is 2.14. The van der Waals surface area contributed by atoms with E-state index in [1.54, 1.807) is 0 Å². The van der Waals surface area contributed by atoms with Crippen molar-refractivity contribution in [1.82, 2.24) is 0 Å². The van der Waals surface area contributed by atoms with Crippen LogP contribution in [0.2, 0.25) is 0 Å². The van der Waals surface area contributed by atoms with Crippen molar-refractivity contribution >= 4 is 11.6 Å². The molecule has 0 heterocycles. The molecule has 0 saturated heterocycles. The van der Waals surface area contributed by atoms with Crippen molar-refractivity contribution in [3.05, 3.63) is 11.4 Å². The van der Waals surface area contributed by atoms with Crippen LogP contribution in [-0.4, -0.2) is 12.1 Å². The van der Waals surface area contributed by atoms with E-state index in [4.69, 9.17) is 0 Å². The van der Waals surface area contributed by atoms with Crippen molar-refractivity contribution < 1.29 is 26.3 Å². The van der Waals surface area contributed by atoms with E-state index in [0.717, 1.165) is 0 Å². The van der Waals surface area contributed by atoms with Crippen LogP contribution in [0.25, 0.3) is 0 Å². The zero-order chi connectivity index (χ0) is 9.28. The third-order valence-electron chi connectivity index (χ3n) is 0.752. The van der Waals surface area contributed by atoms with Crippen LogP contribution in [0.15, 0.2) is 11.4 Å². The lowest BCUT2D eigenvalue weighted by molar-refractivity contribution is -0.270. The average Bonchev–Trinajstić information content (AvgIpc) is 1.83. The molecule has 0 spiro atoms. The number of halogens is 7. The summed E-state index contributed by atoms with van der Waals surface area (Å²) in [5.41, 5.74) is -0.451. The molecule has 0 rings (SSSR count). The molecule has 0 fully saturated rings. The fourth-order valence-electron chi connectivity index (χ4n) is 0.204. The highest BCUT2D eigenvalue weighted by molar-refractivity contribution is 6.25. The van der Waals surface area contributed by atoms with Crippen LogP contribution in [0.3, 0.4) is 0 Å². The van der Waals surface area contributed by atoms with Crippen molar-refractivity contribution in [2.75, 3.05) is 0 Å². The Kier molecular flexibility index (Phi) is 2.82. The van der Waals surface area contributed by atoms with Crippen LogP contribution in [0, 0.1) is 0 Å². The van der Waals surface area contributed by atoms with Gasteiger partial charge in [-0.2, -0.15) is 22.0 Å². The minimum Gasteiger partial charge on any atom is -0.204 e. The Balaban J connectivity index is 4.74. The van der Waals surface area contributed by atoms with E-state index in [-0.39, 0.29) is 0 Å². The van der Waals surface area contributed by atoms with Crippen LogP contribution < -0.4 is 0 Å². The number of allylic oxidation sites excluding steroid dienone is 1. The number of hydrogen-bond donors (Lipinski definition) is 0. The number of hydrogen-bond acceptors (Lipinski definition) is 0. The molecule has 0 amide bonds. The van der Waals surface area contributed by atoms with Gasteiger partial charge in [0, 0.05) is 5.54 Å². The van der Waals surface area contributed by atoms with E-state index in [1.165, 1.54) is 0 Å². The van der Waals surface area contributed by atoms with Crippen LogP contribution in [-0.2, 0) is 0 Å². The van der Waals surface area contributed by atoms with Crippen LogP contribution in [0.4, 0.5) is 26.3 Å². The van der Waals surface area contributed by atoms with Crippen molar-refractivity contribution in [3.63, 3.8) is 0 Å². The molecule has 0 saturated carbocycles. The highest BCUT2D eigenvalue weighted by Crippen LogP contribution is 2.41. The summed E-state index contributed by atoms with van der Waals surface area (Å²) in [4.78, 5) is 0. The predicted octanol–water partition coefficient (Wildman–Crippen LogP) is 3.23. The molecular weight excluding hydrogens is 197 g/mol. The summed E-state index contributed by atoms with van der Waals surface area (Å²) in [5, 5.41) is 0. The molecule has 0 N–H and O–H groups in total. The molecule has 0 aliphatic rings. The smallest absolute Gasteiger partial charge is 0.204 e. The molecule has 0 bridgehead atoms. The molecule has 66 valence electrons. The maximum atomic E-state index is 11.7. The first-order valence-corrected chi connectivity index (χ1v) is 2.58. The zero-order valence-corrected chi connectivity index (χ0v) is 5.48. The van der Waals surface area contributed by atoms with Crippen molar-refractivity contribution in [2.45, 2.75) is 12.1 Å². The Bertz CT molecular complexity index is 168. The second-order valence-electron chi connectivity index (χ2n) is 1.53. The van der Waals surface area contributed by atoms with Gasteiger partial charge in [0.25, 0.3) is 0 Å². The lowest BCUT2D eigenvalue weighted by Crippen LogP contribution is -2.36. The van der Waals surface area contributed by atoms with Gasteiger partial charge in [0.15, 0.2) is 5.83 Å². The van der Waals surface area contributed by atoms with Gasteiger partial charge in [0.2, 0.25) is 0 Å². The Hall–Kier alpha value is -0.390. The van der Waals surface area contributed by atoms with Gasteiger partial charge in [0.05, 0.1) is 0 Å². The van der Waals surface area contributed by atoms with E-state index in [1.807, 2.05) is 0 Å². The summed E-state index contributed by atoms with van der Waals surface area (Å²) < 4.78 is 68.6. The van der Waals surface area contributed by atoms with Crippen molar-refractivity contribution in [2.24, 2.45) is 0 Å². The molecule has 11 heavy (non-hydrogen) atoms. The molecule has 0 aliphatic carbocycles. The number of rotatable bonds is 1. The van der Waals surface area contributed by atoms with Crippen LogP contribution in [0.1, 0.15) is 0 Å². The Morgan fingerprint density at radius 1 is 1.09 bits per heavy atom. The van der Waals surface area contributed by atoms with Crippen molar-refractivity contribution in [3.8, 4) is 0 Å². The van der Waals surface area contributed by atoms with E-state index >= 15 is 0 Å². The van der Waals surface area contributed by atoms with Gasteiger partial charge in [-0.3, -0.25) is 0 Å². The van der Waals surface area contributed by atoms with Gasteiger partial charge in [0.1, 0.15) is 0 Å². The molecule has 0 aromatic heterocycles. The van der Waals surface area contributed by atoms with E-state index in [0.29, 0.717) is 0 Å². The maximum Gasteiger partial charge on any atom is 0.460 e. The second kappa shape index (κ2) is 2.92. The molecule has 0 radical (unpaired) electrons. The molecule has 0 aromatic rings. The Morgan fingerprint density at radius 3 is 1.55 bits per heavy atom. The van der Waals surface area contributed by atoms with E-state index < -0.39 is 23.5 Å². The molecule has 0 aromatic carbocycles. The summed E-state index contributed by atoms with van der Waals surface area (Å²) in [6.45, 7) is 0. The molecule has 0 atom stereocenters. The summed E-state index contributed by atoms with van der Waals surface area (Å²) in [6, 6.07) is 0. The fraction of sp³-hybridized carbons (Fsp3) is 0.500. The topological polar surface area (TPSA) is 0 Å². The van der Waals surface area contributed by atoms with E-state index in [2.05, 4.69) is 11.6 Å². The van der Waals surface area contributed by atoms with E-state index in [9.17, 15) is 26.3 Å². The minimum absolute atomic E-state index is 0.451. The predicted molar refractivity (Wildman–Crippen MR) is 26.0 cm³/mol. The maximum absolute atomic E-state index is 11.7. The summed E-state index contributed by atoms with van der Waals surface area (Å²) in [7, 11) is 0. The number of alkyl halides is 5. The van der Waals surface area contributed by atoms with Crippen LogP contribution in [0.5, 0.6) is 0 Å². The normalized spacial score (nSPS) is 15.4. The van der Waals surface area contributed by atoms with Gasteiger partial charge in [-0.25, -0.2) is 4.39 Å². The molecule has 7 heteroatoms. The van der Waals surface area contributed by atoms with Gasteiger partial charge >= 0.3 is 12.1 Å². The van der Waals surface area contributed by atoms with Gasteiger partial charge in [-0.05, 0) is 0 Å². The van der Waals surface area contributed by atoms with Crippen molar-refractivity contribution in [1.29, 1.82) is 0 Å². The molecule has 0 unspecified atom stereocenters. The van der Waals surface area contributed by atoms with Gasteiger partial charge in [-0.15, -0.1) is 0 Å². The Labute approximate surface area is 62.4 Å². The second-order valence-corrected chi connectivity index (χ2v) is 1.75. The summed E-state index contributed by atoms with van der Waals surface area (Å²) >= 11 is 4.33. The SMILES string of the molecule is F/C(=C/Cl)C(F)(F)C(F)(F)F. The lowest BCUT2D eigenvalue weighted by Gasteiger charge is -2.16. The first kappa shape index (κ1) is 10.6. The largest absolute Gasteiger partial charge is 0.460 e. The molecular formula is C4HClF6. The fourth-order valence-corrected chi connectivity index (χ4v) is 0.341. The zero-order valence-electron chi connectivity index (χ0n) is 4.72. The highest BCUT2D eigenvalue weighted by Gasteiger charge is 2.61. The molecule has 0 nitrogen and oxygen atoms in total. The minimum atomic E-state index is -5.94. The average molecular weight is 198 g/mol. The third kappa shape index (κ3) is 2.02. The van der Waals surface area contributed by atoms with Gasteiger partial charge < -0.3 is 0 Å². The standard InChI is InChI=1S/C4HClF6/c5-1-2(6)3(7,8)4(9,10)11/h1H/b2-1+. The van der Waals surface area contributed by atoms with Gasteiger partial charge in [-0.1, -0.05) is 11.6 Å². The summed E-state index contributed by atoms with van der Waals surface area (Å²) in [5.74, 6) is -8.21. The molecule has 0 aliphatic heterocycles. The third-order valence-corrected chi connectivity index (χ3v) is 0.943. The Morgan fingerprint density at radius 2 is 1.45 bits per heavy atom.